The van der Waals surface area contributed by atoms with E-state index in [0.717, 1.165) is 25.5 Å². The highest BCUT2D eigenvalue weighted by molar-refractivity contribution is 6.33. The highest BCUT2D eigenvalue weighted by Crippen LogP contribution is 2.27. The smallest absolute Gasteiger partial charge is 0.155 e. The predicted molar refractivity (Wildman–Crippen MR) is 64.2 cm³/mol. The third-order valence-electron chi connectivity index (χ3n) is 2.62. The lowest BCUT2D eigenvalue weighted by atomic mass is 10.1. The molecule has 0 radical (unpaired) electrons. The number of allylic oxidation sites excluding steroid dienone is 1. The van der Waals surface area contributed by atoms with Crippen LogP contribution in [0.25, 0.3) is 0 Å². The molecule has 84 valence electrons. The maximum atomic E-state index is 10.9. The van der Waals surface area contributed by atoms with Crippen LogP contribution < -0.4 is 4.74 Å². The minimum atomic E-state index is 0.0610. The first-order valence-corrected chi connectivity index (χ1v) is 5.76. The standard InChI is InChI=1S/C13H13ClO2/c14-12-7-4-8-13(11(12)9-15)16-10-5-2-1-3-6-10/h2,4-5,7-10H,1,3,6H2. The first-order valence-electron chi connectivity index (χ1n) is 5.38. The van der Waals surface area contributed by atoms with Gasteiger partial charge in [0.2, 0.25) is 0 Å². The lowest BCUT2D eigenvalue weighted by molar-refractivity contribution is 0.111. The van der Waals surface area contributed by atoms with Crippen molar-refractivity contribution in [1.29, 1.82) is 0 Å². The van der Waals surface area contributed by atoms with Gasteiger partial charge in [-0.15, -0.1) is 0 Å². The molecule has 0 saturated carbocycles. The second-order valence-corrected chi connectivity index (χ2v) is 4.19. The number of rotatable bonds is 3. The number of benzene rings is 1. The summed E-state index contributed by atoms with van der Waals surface area (Å²) in [6, 6.07) is 5.25. The summed E-state index contributed by atoms with van der Waals surface area (Å²) >= 11 is 5.92. The Kier molecular flexibility index (Phi) is 3.62. The molecule has 0 aromatic heterocycles. The Morgan fingerprint density at radius 1 is 1.44 bits per heavy atom. The summed E-state index contributed by atoms with van der Waals surface area (Å²) in [5.41, 5.74) is 0.433. The summed E-state index contributed by atoms with van der Waals surface area (Å²) in [7, 11) is 0. The molecule has 0 fully saturated rings. The van der Waals surface area contributed by atoms with Gasteiger partial charge in [0.1, 0.15) is 11.9 Å². The van der Waals surface area contributed by atoms with E-state index in [1.54, 1.807) is 18.2 Å². The summed E-state index contributed by atoms with van der Waals surface area (Å²) in [4.78, 5) is 10.9. The Bertz CT molecular complexity index is 412. The van der Waals surface area contributed by atoms with Crippen LogP contribution in [0.3, 0.4) is 0 Å². The van der Waals surface area contributed by atoms with Gasteiger partial charge in [0.05, 0.1) is 10.6 Å². The molecule has 0 aliphatic heterocycles. The zero-order valence-corrected chi connectivity index (χ0v) is 9.61. The normalized spacial score (nSPS) is 19.4. The molecular weight excluding hydrogens is 224 g/mol. The van der Waals surface area contributed by atoms with Gasteiger partial charge in [0.15, 0.2) is 6.29 Å². The molecule has 0 N–H and O–H groups in total. The molecule has 2 rings (SSSR count). The molecule has 0 spiro atoms. The summed E-state index contributed by atoms with van der Waals surface area (Å²) in [6.45, 7) is 0. The van der Waals surface area contributed by atoms with E-state index in [2.05, 4.69) is 6.08 Å². The van der Waals surface area contributed by atoms with E-state index in [1.807, 2.05) is 6.08 Å². The van der Waals surface area contributed by atoms with Crippen molar-refractivity contribution in [2.24, 2.45) is 0 Å². The number of carbonyl (C=O) groups is 1. The van der Waals surface area contributed by atoms with E-state index in [1.165, 1.54) is 0 Å². The Morgan fingerprint density at radius 2 is 2.31 bits per heavy atom. The Balaban J connectivity index is 2.20. The van der Waals surface area contributed by atoms with Gasteiger partial charge in [0.25, 0.3) is 0 Å². The SMILES string of the molecule is O=Cc1c(Cl)cccc1OC1C=CCCC1. The molecule has 16 heavy (non-hydrogen) atoms. The quantitative estimate of drug-likeness (QED) is 0.592. The van der Waals surface area contributed by atoms with Crippen LogP contribution >= 0.6 is 11.6 Å². The molecule has 0 heterocycles. The van der Waals surface area contributed by atoms with Crippen molar-refractivity contribution in [3.8, 4) is 5.75 Å². The third-order valence-corrected chi connectivity index (χ3v) is 2.95. The molecule has 0 bridgehead atoms. The lowest BCUT2D eigenvalue weighted by Gasteiger charge is -2.19. The molecule has 1 aliphatic carbocycles. The highest BCUT2D eigenvalue weighted by Gasteiger charge is 2.13. The van der Waals surface area contributed by atoms with Crippen molar-refractivity contribution < 1.29 is 9.53 Å². The predicted octanol–water partition coefficient (Wildman–Crippen LogP) is 3.64. The lowest BCUT2D eigenvalue weighted by Crippen LogP contribution is -2.16. The summed E-state index contributed by atoms with van der Waals surface area (Å²) in [5, 5.41) is 0.437. The van der Waals surface area contributed by atoms with Gasteiger partial charge in [-0.1, -0.05) is 23.7 Å². The van der Waals surface area contributed by atoms with Crippen molar-refractivity contribution in [3.63, 3.8) is 0 Å². The highest BCUT2D eigenvalue weighted by atomic mass is 35.5. The number of halogens is 1. The molecule has 1 unspecified atom stereocenters. The van der Waals surface area contributed by atoms with Gasteiger partial charge in [-0.3, -0.25) is 4.79 Å². The summed E-state index contributed by atoms with van der Waals surface area (Å²) in [5.74, 6) is 0.569. The van der Waals surface area contributed by atoms with Gasteiger partial charge < -0.3 is 4.74 Å². The average molecular weight is 237 g/mol. The molecule has 1 aromatic carbocycles. The van der Waals surface area contributed by atoms with E-state index in [9.17, 15) is 4.79 Å². The van der Waals surface area contributed by atoms with E-state index >= 15 is 0 Å². The summed E-state index contributed by atoms with van der Waals surface area (Å²) in [6.07, 6.45) is 8.17. The Labute approximate surface area is 99.9 Å². The maximum Gasteiger partial charge on any atom is 0.155 e. The zero-order valence-electron chi connectivity index (χ0n) is 8.86. The van der Waals surface area contributed by atoms with Crippen LogP contribution in [0.15, 0.2) is 30.4 Å². The van der Waals surface area contributed by atoms with Crippen LogP contribution in [0, 0.1) is 0 Å². The average Bonchev–Trinajstić information content (AvgIpc) is 2.31. The molecule has 2 nitrogen and oxygen atoms in total. The minimum absolute atomic E-state index is 0.0610. The number of carbonyl (C=O) groups excluding carboxylic acids is 1. The topological polar surface area (TPSA) is 26.3 Å². The molecule has 0 saturated heterocycles. The minimum Gasteiger partial charge on any atom is -0.486 e. The van der Waals surface area contributed by atoms with Crippen LogP contribution in [0.1, 0.15) is 29.6 Å². The van der Waals surface area contributed by atoms with Crippen molar-refractivity contribution >= 4 is 17.9 Å². The molecule has 1 aromatic rings. The second kappa shape index (κ2) is 5.17. The zero-order chi connectivity index (χ0) is 11.4. The van der Waals surface area contributed by atoms with Crippen molar-refractivity contribution in [3.05, 3.63) is 40.9 Å². The maximum absolute atomic E-state index is 10.9. The van der Waals surface area contributed by atoms with Gasteiger partial charge in [0, 0.05) is 0 Å². The molecular formula is C13H13ClO2. The Hall–Kier alpha value is -1.28. The third kappa shape index (κ3) is 2.45. The van der Waals surface area contributed by atoms with E-state index < -0.39 is 0 Å². The first kappa shape index (κ1) is 11.2. The Morgan fingerprint density at radius 3 is 3.00 bits per heavy atom. The fourth-order valence-electron chi connectivity index (χ4n) is 1.78. The van der Waals surface area contributed by atoms with Crippen LogP contribution in [0.2, 0.25) is 5.02 Å². The first-order chi connectivity index (χ1) is 7.81. The monoisotopic (exact) mass is 236 g/mol. The van der Waals surface area contributed by atoms with Crippen LogP contribution in [0.4, 0.5) is 0 Å². The fraction of sp³-hybridized carbons (Fsp3) is 0.308. The van der Waals surface area contributed by atoms with Crippen LogP contribution in [-0.4, -0.2) is 12.4 Å². The largest absolute Gasteiger partial charge is 0.486 e. The number of hydrogen-bond acceptors (Lipinski definition) is 2. The molecule has 0 amide bonds. The van der Waals surface area contributed by atoms with Crippen LogP contribution in [-0.2, 0) is 0 Å². The van der Waals surface area contributed by atoms with E-state index in [4.69, 9.17) is 16.3 Å². The fourth-order valence-corrected chi connectivity index (χ4v) is 1.99. The van der Waals surface area contributed by atoms with E-state index in [-0.39, 0.29) is 6.10 Å². The van der Waals surface area contributed by atoms with Crippen molar-refractivity contribution in [2.75, 3.05) is 0 Å². The van der Waals surface area contributed by atoms with Gasteiger partial charge in [-0.25, -0.2) is 0 Å². The van der Waals surface area contributed by atoms with Crippen molar-refractivity contribution in [1.82, 2.24) is 0 Å². The number of ether oxygens (including phenoxy) is 1. The molecule has 1 atom stereocenters. The number of aldehydes is 1. The molecule has 3 heteroatoms. The van der Waals surface area contributed by atoms with Crippen LogP contribution in [0.5, 0.6) is 5.75 Å². The van der Waals surface area contributed by atoms with E-state index in [0.29, 0.717) is 16.3 Å². The van der Waals surface area contributed by atoms with Crippen molar-refractivity contribution in [2.45, 2.75) is 25.4 Å². The van der Waals surface area contributed by atoms with Gasteiger partial charge in [-0.05, 0) is 37.5 Å². The number of hydrogen-bond donors (Lipinski definition) is 0. The van der Waals surface area contributed by atoms with Gasteiger partial charge >= 0.3 is 0 Å². The summed E-state index contributed by atoms with van der Waals surface area (Å²) < 4.78 is 5.76. The second-order valence-electron chi connectivity index (χ2n) is 3.78. The molecule has 1 aliphatic rings. The van der Waals surface area contributed by atoms with Gasteiger partial charge in [-0.2, -0.15) is 0 Å².